The summed E-state index contributed by atoms with van der Waals surface area (Å²) >= 11 is 0. The molecule has 0 saturated heterocycles. The third-order valence-electron chi connectivity index (χ3n) is 6.96. The van der Waals surface area contributed by atoms with Crippen LogP contribution in [0.15, 0.2) is 60.7 Å². The van der Waals surface area contributed by atoms with Gasteiger partial charge in [0.15, 0.2) is 56.4 Å². The molecule has 0 bridgehead atoms. The van der Waals surface area contributed by atoms with Crippen LogP contribution in [-0.4, -0.2) is 22.6 Å². The minimum atomic E-state index is -4.93. The van der Waals surface area contributed by atoms with Crippen LogP contribution in [0, 0.1) is 58.2 Å². The third kappa shape index (κ3) is 6.70. The SMILES string of the molecule is COc1ccc(C(C=Cc2c(F)c(F)c(F)c(F)c2F)S(=O)(=O)C(C=Cc2c(F)c(F)c(F)c(F)c2F)c2ccc(OC)cc2)cc1. The molecule has 2 atom stereocenters. The minimum absolute atomic E-state index is 0.144. The van der Waals surface area contributed by atoms with Crippen LogP contribution in [0.4, 0.5) is 43.9 Å². The van der Waals surface area contributed by atoms with Crippen LogP contribution in [0.3, 0.4) is 0 Å². The lowest BCUT2D eigenvalue weighted by atomic mass is 10.1. The van der Waals surface area contributed by atoms with Gasteiger partial charge in [0.2, 0.25) is 11.6 Å². The Kier molecular flexibility index (Phi) is 10.4. The van der Waals surface area contributed by atoms with Crippen LogP contribution in [0.25, 0.3) is 12.2 Å². The molecular weight excluding hydrogens is 670 g/mol. The second-order valence-corrected chi connectivity index (χ2v) is 11.9. The van der Waals surface area contributed by atoms with Crippen LogP contribution >= 0.6 is 0 Å². The Morgan fingerprint density at radius 1 is 0.468 bits per heavy atom. The van der Waals surface area contributed by atoms with Crippen molar-refractivity contribution in [2.24, 2.45) is 0 Å². The number of halogens is 10. The lowest BCUT2D eigenvalue weighted by molar-refractivity contribution is 0.377. The molecule has 0 spiro atoms. The molecule has 0 radical (unpaired) electrons. The van der Waals surface area contributed by atoms with Crippen LogP contribution < -0.4 is 9.47 Å². The van der Waals surface area contributed by atoms with E-state index in [1.165, 1.54) is 62.8 Å². The standard InChI is InChI=1S/C32H20F10O4S/c1-45-17-7-3-15(4-8-17)21(13-11-19-23(33)27(37)31(41)28(38)24(19)34)47(43,44)22(16-5-9-18(46-2)10-6-16)14-12-20-25(35)29(39)32(42)30(40)26(20)36/h3-14,21-22H,1-2H3. The van der Waals surface area contributed by atoms with E-state index in [0.29, 0.717) is 24.3 Å². The van der Waals surface area contributed by atoms with Crippen molar-refractivity contribution in [3.05, 3.63) is 141 Å². The van der Waals surface area contributed by atoms with E-state index in [2.05, 4.69) is 0 Å². The molecule has 2 unspecified atom stereocenters. The van der Waals surface area contributed by atoms with E-state index in [0.717, 1.165) is 0 Å². The van der Waals surface area contributed by atoms with Crippen molar-refractivity contribution in [2.75, 3.05) is 14.2 Å². The normalized spacial score (nSPS) is 13.4. The number of sulfone groups is 1. The molecule has 0 aromatic heterocycles. The maximum absolute atomic E-state index is 14.5. The predicted molar refractivity (Wildman–Crippen MR) is 151 cm³/mol. The van der Waals surface area contributed by atoms with E-state index in [1.807, 2.05) is 0 Å². The van der Waals surface area contributed by atoms with Crippen molar-refractivity contribution in [2.45, 2.75) is 10.5 Å². The Balaban J connectivity index is 1.97. The van der Waals surface area contributed by atoms with Crippen molar-refractivity contribution in [1.82, 2.24) is 0 Å². The number of hydrogen-bond donors (Lipinski definition) is 0. The summed E-state index contributed by atoms with van der Waals surface area (Å²) in [6.45, 7) is 0. The lowest BCUT2D eigenvalue weighted by Gasteiger charge is -2.22. The molecule has 47 heavy (non-hydrogen) atoms. The van der Waals surface area contributed by atoms with Gasteiger partial charge in [0, 0.05) is 0 Å². The molecule has 0 amide bonds. The van der Waals surface area contributed by atoms with Crippen molar-refractivity contribution in [3.63, 3.8) is 0 Å². The molecule has 0 aliphatic heterocycles. The third-order valence-corrected chi connectivity index (χ3v) is 9.23. The van der Waals surface area contributed by atoms with E-state index in [1.54, 1.807) is 0 Å². The zero-order chi connectivity index (χ0) is 34.8. The fourth-order valence-electron chi connectivity index (χ4n) is 4.47. The highest BCUT2D eigenvalue weighted by Gasteiger charge is 2.35. The fraction of sp³-hybridized carbons (Fsp3) is 0.125. The molecule has 0 aliphatic rings. The van der Waals surface area contributed by atoms with E-state index in [9.17, 15) is 52.3 Å². The number of rotatable bonds is 10. The van der Waals surface area contributed by atoms with Crippen molar-refractivity contribution < 1.29 is 61.8 Å². The Morgan fingerprint density at radius 3 is 0.979 bits per heavy atom. The monoisotopic (exact) mass is 690 g/mol. The first kappa shape index (κ1) is 35.1. The molecule has 4 aromatic carbocycles. The zero-order valence-electron chi connectivity index (χ0n) is 23.9. The summed E-state index contributed by atoms with van der Waals surface area (Å²) in [5.74, 6) is -22.7. The molecule has 248 valence electrons. The van der Waals surface area contributed by atoms with Gasteiger partial charge in [-0.15, -0.1) is 0 Å². The Labute approximate surface area is 261 Å². The van der Waals surface area contributed by atoms with Gasteiger partial charge in [-0.25, -0.2) is 52.3 Å². The minimum Gasteiger partial charge on any atom is -0.497 e. The summed E-state index contributed by atoms with van der Waals surface area (Å²) in [6.07, 6.45) is 1.92. The highest BCUT2D eigenvalue weighted by molar-refractivity contribution is 7.92. The Morgan fingerprint density at radius 2 is 0.723 bits per heavy atom. The summed E-state index contributed by atoms with van der Waals surface area (Å²) in [5, 5.41) is -3.98. The van der Waals surface area contributed by atoms with Gasteiger partial charge >= 0.3 is 0 Å². The Bertz CT molecular complexity index is 1780. The smallest absolute Gasteiger partial charge is 0.200 e. The first-order valence-electron chi connectivity index (χ1n) is 13.1. The molecule has 4 aromatic rings. The van der Waals surface area contributed by atoms with E-state index < -0.39 is 89.6 Å². The summed E-state index contributed by atoms with van der Waals surface area (Å²) < 4.78 is 180. The molecule has 0 fully saturated rings. The van der Waals surface area contributed by atoms with Crippen molar-refractivity contribution >= 4 is 22.0 Å². The molecule has 0 saturated carbocycles. The van der Waals surface area contributed by atoms with Gasteiger partial charge in [-0.05, 0) is 35.4 Å². The first-order chi connectivity index (χ1) is 22.1. The predicted octanol–water partition coefficient (Wildman–Crippen LogP) is 8.72. The van der Waals surface area contributed by atoms with Gasteiger partial charge in [0.1, 0.15) is 22.0 Å². The quantitative estimate of drug-likeness (QED) is 0.0950. The van der Waals surface area contributed by atoms with Gasteiger partial charge in [-0.3, -0.25) is 0 Å². The summed E-state index contributed by atoms with van der Waals surface area (Å²) in [6, 6.07) is 9.94. The highest BCUT2D eigenvalue weighted by atomic mass is 32.2. The number of methoxy groups -OCH3 is 2. The molecule has 0 N–H and O–H groups in total. The fourth-order valence-corrected chi connectivity index (χ4v) is 6.45. The molecule has 0 heterocycles. The molecule has 4 rings (SSSR count). The largest absolute Gasteiger partial charge is 0.497 e. The number of ether oxygens (including phenoxy) is 2. The van der Waals surface area contributed by atoms with E-state index >= 15 is 0 Å². The van der Waals surface area contributed by atoms with Crippen LogP contribution in [0.5, 0.6) is 11.5 Å². The summed E-state index contributed by atoms with van der Waals surface area (Å²) in [7, 11) is -2.35. The highest BCUT2D eigenvalue weighted by Crippen LogP contribution is 2.39. The van der Waals surface area contributed by atoms with Crippen LogP contribution in [0.2, 0.25) is 0 Å². The number of hydrogen-bond acceptors (Lipinski definition) is 4. The van der Waals surface area contributed by atoms with Gasteiger partial charge in [-0.1, -0.05) is 48.6 Å². The van der Waals surface area contributed by atoms with Crippen LogP contribution in [0.1, 0.15) is 32.8 Å². The first-order valence-corrected chi connectivity index (χ1v) is 14.7. The van der Waals surface area contributed by atoms with E-state index in [-0.39, 0.29) is 22.6 Å². The maximum atomic E-state index is 14.5. The van der Waals surface area contributed by atoms with Gasteiger partial charge in [0.05, 0.1) is 25.3 Å². The second kappa shape index (κ2) is 13.9. The van der Waals surface area contributed by atoms with Crippen molar-refractivity contribution in [1.29, 1.82) is 0 Å². The molecule has 15 heteroatoms. The van der Waals surface area contributed by atoms with Gasteiger partial charge < -0.3 is 9.47 Å². The average Bonchev–Trinajstić information content (AvgIpc) is 3.07. The number of benzene rings is 4. The van der Waals surface area contributed by atoms with Gasteiger partial charge in [-0.2, -0.15) is 0 Å². The summed E-state index contributed by atoms with van der Waals surface area (Å²) in [5.41, 5.74) is -3.25. The lowest BCUT2D eigenvalue weighted by Crippen LogP contribution is -2.19. The topological polar surface area (TPSA) is 52.6 Å². The zero-order valence-corrected chi connectivity index (χ0v) is 24.7. The van der Waals surface area contributed by atoms with Crippen molar-refractivity contribution in [3.8, 4) is 11.5 Å². The molecular formula is C32H20F10O4S. The average molecular weight is 691 g/mol. The van der Waals surface area contributed by atoms with E-state index in [4.69, 9.17) is 9.47 Å². The Hall–Kier alpha value is -4.79. The molecule has 4 nitrogen and oxygen atoms in total. The summed E-state index contributed by atoms with van der Waals surface area (Å²) in [4.78, 5) is 0. The maximum Gasteiger partial charge on any atom is 0.200 e. The van der Waals surface area contributed by atoms with Gasteiger partial charge in [0.25, 0.3) is 0 Å². The molecule has 0 aliphatic carbocycles. The second-order valence-electron chi connectivity index (χ2n) is 9.66. The van der Waals surface area contributed by atoms with Crippen LogP contribution in [-0.2, 0) is 9.84 Å².